The highest BCUT2D eigenvalue weighted by molar-refractivity contribution is 9.10. The van der Waals surface area contributed by atoms with Gasteiger partial charge >= 0.3 is 0 Å². The molecule has 4 nitrogen and oxygen atoms in total. The number of halogens is 1. The summed E-state index contributed by atoms with van der Waals surface area (Å²) in [5.74, 6) is 0.663. The Kier molecular flexibility index (Phi) is 2.25. The maximum Gasteiger partial charge on any atom is 0.263 e. The van der Waals surface area contributed by atoms with Gasteiger partial charge in [-0.05, 0) is 28.1 Å². The van der Waals surface area contributed by atoms with Crippen molar-refractivity contribution >= 4 is 21.7 Å². The average molecular weight is 256 g/mol. The van der Waals surface area contributed by atoms with Gasteiger partial charge < -0.3 is 8.83 Å². The van der Waals surface area contributed by atoms with Crippen molar-refractivity contribution in [3.8, 4) is 11.7 Å². The van der Waals surface area contributed by atoms with Crippen LogP contribution >= 0.6 is 15.9 Å². The molecule has 0 aliphatic carbocycles. The molecule has 14 heavy (non-hydrogen) atoms. The summed E-state index contributed by atoms with van der Waals surface area (Å²) < 4.78 is 10.9. The minimum absolute atomic E-state index is 0.134. The first-order valence-electron chi connectivity index (χ1n) is 3.89. The Balaban J connectivity index is 2.38. The number of furan rings is 1. The van der Waals surface area contributed by atoms with Crippen molar-refractivity contribution in [2.75, 3.05) is 0 Å². The zero-order valence-corrected chi connectivity index (χ0v) is 8.87. The normalized spacial score (nSPS) is 10.4. The van der Waals surface area contributed by atoms with Crippen LogP contribution in [0, 0.1) is 0 Å². The van der Waals surface area contributed by atoms with E-state index in [1.54, 1.807) is 12.1 Å². The average Bonchev–Trinajstić information content (AvgIpc) is 2.70. The van der Waals surface area contributed by atoms with E-state index in [2.05, 4.69) is 20.9 Å². The molecule has 2 aromatic rings. The van der Waals surface area contributed by atoms with E-state index in [4.69, 9.17) is 8.83 Å². The summed E-state index contributed by atoms with van der Waals surface area (Å²) >= 11 is 3.16. The smallest absolute Gasteiger partial charge is 0.263 e. The van der Waals surface area contributed by atoms with Crippen LogP contribution in [0.25, 0.3) is 11.7 Å². The number of oxazole rings is 1. The van der Waals surface area contributed by atoms with Crippen molar-refractivity contribution in [2.45, 2.75) is 6.92 Å². The number of aromatic nitrogens is 1. The largest absolute Gasteiger partial charge is 0.444 e. The molecule has 0 radical (unpaired) electrons. The van der Waals surface area contributed by atoms with Gasteiger partial charge in [0.2, 0.25) is 0 Å². The molecule has 0 amide bonds. The molecule has 0 bridgehead atoms. The molecule has 0 N–H and O–H groups in total. The van der Waals surface area contributed by atoms with Gasteiger partial charge in [-0.2, -0.15) is 0 Å². The van der Waals surface area contributed by atoms with Gasteiger partial charge in [0, 0.05) is 6.92 Å². The van der Waals surface area contributed by atoms with Crippen LogP contribution in [-0.2, 0) is 0 Å². The maximum atomic E-state index is 10.9. The highest BCUT2D eigenvalue weighted by atomic mass is 79.9. The Morgan fingerprint density at radius 3 is 2.79 bits per heavy atom. The van der Waals surface area contributed by atoms with Crippen molar-refractivity contribution < 1.29 is 13.6 Å². The Morgan fingerprint density at radius 1 is 1.50 bits per heavy atom. The predicted octanol–water partition coefficient (Wildman–Crippen LogP) is 2.90. The van der Waals surface area contributed by atoms with E-state index in [1.165, 1.54) is 13.2 Å². The minimum Gasteiger partial charge on any atom is -0.444 e. The summed E-state index contributed by atoms with van der Waals surface area (Å²) in [5.41, 5.74) is 0.299. The number of hydrogen-bond acceptors (Lipinski definition) is 4. The fourth-order valence-corrected chi connectivity index (χ4v) is 1.28. The quantitative estimate of drug-likeness (QED) is 0.775. The van der Waals surface area contributed by atoms with Gasteiger partial charge in [-0.3, -0.25) is 4.79 Å². The van der Waals surface area contributed by atoms with Crippen molar-refractivity contribution in [3.05, 3.63) is 28.8 Å². The fourth-order valence-electron chi connectivity index (χ4n) is 0.978. The van der Waals surface area contributed by atoms with E-state index in [0.29, 0.717) is 22.0 Å². The fraction of sp³-hybridized carbons (Fsp3) is 0.111. The molecular weight excluding hydrogens is 250 g/mol. The number of rotatable bonds is 2. The van der Waals surface area contributed by atoms with Gasteiger partial charge in [0.25, 0.3) is 5.89 Å². The molecule has 2 heterocycles. The molecule has 0 aliphatic heterocycles. The van der Waals surface area contributed by atoms with Crippen molar-refractivity contribution in [1.82, 2.24) is 4.98 Å². The van der Waals surface area contributed by atoms with E-state index < -0.39 is 0 Å². The standard InChI is InChI=1S/C9H6BrNO3/c1-5(12)6-4-13-9(11-6)7-2-3-8(10)14-7/h2-4H,1H3. The number of ketones is 1. The molecule has 5 heteroatoms. The third-order valence-corrected chi connectivity index (χ3v) is 2.08. The van der Waals surface area contributed by atoms with Crippen LogP contribution in [0.15, 0.2) is 31.9 Å². The summed E-state index contributed by atoms with van der Waals surface area (Å²) in [4.78, 5) is 14.9. The summed E-state index contributed by atoms with van der Waals surface area (Å²) in [6.45, 7) is 1.43. The number of carbonyl (C=O) groups is 1. The maximum absolute atomic E-state index is 10.9. The van der Waals surface area contributed by atoms with Crippen LogP contribution in [0.2, 0.25) is 0 Å². The molecule has 0 saturated heterocycles. The molecular formula is C9H6BrNO3. The van der Waals surface area contributed by atoms with Gasteiger partial charge in [-0.25, -0.2) is 4.98 Å². The third-order valence-electron chi connectivity index (χ3n) is 1.65. The molecule has 0 aliphatic rings. The van der Waals surface area contributed by atoms with E-state index in [9.17, 15) is 4.79 Å². The number of hydrogen-bond donors (Lipinski definition) is 0. The van der Waals surface area contributed by atoms with E-state index in [-0.39, 0.29) is 5.78 Å². The van der Waals surface area contributed by atoms with E-state index in [0.717, 1.165) is 0 Å². The lowest BCUT2D eigenvalue weighted by molar-refractivity contribution is 0.101. The molecule has 0 fully saturated rings. The molecule has 0 aromatic carbocycles. The van der Waals surface area contributed by atoms with Crippen molar-refractivity contribution in [2.24, 2.45) is 0 Å². The Hall–Kier alpha value is -1.36. The highest BCUT2D eigenvalue weighted by Crippen LogP contribution is 2.24. The second-order valence-corrected chi connectivity index (χ2v) is 3.48. The summed E-state index contributed by atoms with van der Waals surface area (Å²) in [6, 6.07) is 3.44. The van der Waals surface area contributed by atoms with Gasteiger partial charge in [0.05, 0.1) is 0 Å². The number of carbonyl (C=O) groups excluding carboxylic acids is 1. The minimum atomic E-state index is -0.134. The van der Waals surface area contributed by atoms with Crippen LogP contribution in [0.4, 0.5) is 0 Å². The molecule has 0 unspecified atom stereocenters. The monoisotopic (exact) mass is 255 g/mol. The zero-order chi connectivity index (χ0) is 10.1. The first kappa shape index (κ1) is 9.21. The lowest BCUT2D eigenvalue weighted by Crippen LogP contribution is -1.90. The first-order chi connectivity index (χ1) is 6.66. The predicted molar refractivity (Wildman–Crippen MR) is 51.9 cm³/mol. The molecule has 2 aromatic heterocycles. The van der Waals surface area contributed by atoms with Gasteiger partial charge in [0.1, 0.15) is 12.0 Å². The van der Waals surface area contributed by atoms with Crippen LogP contribution < -0.4 is 0 Å². The summed E-state index contributed by atoms with van der Waals surface area (Å²) in [6.07, 6.45) is 1.31. The van der Waals surface area contributed by atoms with Gasteiger partial charge in [-0.15, -0.1) is 0 Å². The second kappa shape index (κ2) is 3.42. The van der Waals surface area contributed by atoms with E-state index >= 15 is 0 Å². The molecule has 0 spiro atoms. The molecule has 2 rings (SSSR count). The van der Waals surface area contributed by atoms with Crippen molar-refractivity contribution in [1.29, 1.82) is 0 Å². The third kappa shape index (κ3) is 1.63. The van der Waals surface area contributed by atoms with Crippen molar-refractivity contribution in [3.63, 3.8) is 0 Å². The topological polar surface area (TPSA) is 56.2 Å². The Bertz CT molecular complexity index is 472. The van der Waals surface area contributed by atoms with Crippen LogP contribution in [-0.4, -0.2) is 10.8 Å². The summed E-state index contributed by atoms with van der Waals surface area (Å²) in [7, 11) is 0. The van der Waals surface area contributed by atoms with Gasteiger partial charge in [-0.1, -0.05) is 0 Å². The lowest BCUT2D eigenvalue weighted by Gasteiger charge is -1.85. The van der Waals surface area contributed by atoms with Crippen LogP contribution in [0.1, 0.15) is 17.4 Å². The van der Waals surface area contributed by atoms with E-state index in [1.807, 2.05) is 0 Å². The Morgan fingerprint density at radius 2 is 2.29 bits per heavy atom. The SMILES string of the molecule is CC(=O)c1coc(-c2ccc(Br)o2)n1. The number of nitrogens with zero attached hydrogens (tertiary/aromatic N) is 1. The zero-order valence-electron chi connectivity index (χ0n) is 7.28. The van der Waals surface area contributed by atoms with Crippen LogP contribution in [0.3, 0.4) is 0 Å². The molecule has 0 atom stereocenters. The van der Waals surface area contributed by atoms with Gasteiger partial charge in [0.15, 0.2) is 16.2 Å². The summed E-state index contributed by atoms with van der Waals surface area (Å²) in [5, 5.41) is 0. The lowest BCUT2D eigenvalue weighted by atomic mass is 10.3. The second-order valence-electron chi connectivity index (χ2n) is 2.70. The first-order valence-corrected chi connectivity index (χ1v) is 4.68. The Labute approximate surface area is 88.1 Å². The number of Topliss-reactive ketones (excluding diaryl/α,β-unsaturated/α-hetero) is 1. The highest BCUT2D eigenvalue weighted by Gasteiger charge is 2.12. The van der Waals surface area contributed by atoms with Crippen LogP contribution in [0.5, 0.6) is 0 Å². The molecule has 0 saturated carbocycles. The molecule has 72 valence electrons.